The number of phenols is 1. The maximum absolute atomic E-state index is 10.0. The molecule has 2 rings (SSSR count). The van der Waals surface area contributed by atoms with Crippen molar-refractivity contribution in [1.29, 1.82) is 0 Å². The molecule has 1 fully saturated rings. The maximum Gasteiger partial charge on any atom is 0.120 e. The zero-order chi connectivity index (χ0) is 15.2. The first-order valence-electron chi connectivity index (χ1n) is 8.04. The number of phenolic OH excluding ortho intramolecular Hbond substituents is 1. The third-order valence-corrected chi connectivity index (χ3v) is 5.07. The van der Waals surface area contributed by atoms with Crippen molar-refractivity contribution < 1.29 is 5.11 Å². The predicted molar refractivity (Wildman–Crippen MR) is 91.7 cm³/mol. The lowest BCUT2D eigenvalue weighted by Gasteiger charge is -2.26. The molecule has 1 aliphatic carbocycles. The molecular weight excluding hydrogens is 328 g/mol. The molecule has 21 heavy (non-hydrogen) atoms. The van der Waals surface area contributed by atoms with E-state index < -0.39 is 0 Å². The molecule has 0 aromatic heterocycles. The lowest BCUT2D eigenvalue weighted by atomic mass is 10.0. The van der Waals surface area contributed by atoms with Gasteiger partial charge in [-0.2, -0.15) is 0 Å². The predicted octanol–water partition coefficient (Wildman–Crippen LogP) is 4.07. The molecule has 0 heterocycles. The summed E-state index contributed by atoms with van der Waals surface area (Å²) in [5, 5.41) is 13.6. The highest BCUT2D eigenvalue weighted by Gasteiger charge is 2.19. The zero-order valence-corrected chi connectivity index (χ0v) is 14.7. The van der Waals surface area contributed by atoms with E-state index in [1.807, 2.05) is 12.1 Å². The molecule has 1 unspecified atom stereocenters. The van der Waals surface area contributed by atoms with Crippen molar-refractivity contribution in [2.24, 2.45) is 0 Å². The lowest BCUT2D eigenvalue weighted by molar-refractivity contribution is 0.241. The second-order valence-electron chi connectivity index (χ2n) is 6.04. The average molecular weight is 355 g/mol. The molecule has 0 saturated heterocycles. The molecule has 3 nitrogen and oxygen atoms in total. The van der Waals surface area contributed by atoms with Crippen LogP contribution in [0.2, 0.25) is 0 Å². The van der Waals surface area contributed by atoms with Gasteiger partial charge < -0.3 is 15.3 Å². The van der Waals surface area contributed by atoms with Crippen LogP contribution in [0.25, 0.3) is 0 Å². The topological polar surface area (TPSA) is 35.5 Å². The third-order valence-electron chi connectivity index (χ3n) is 4.58. The Hall–Kier alpha value is -0.580. The molecule has 0 aliphatic heterocycles. The summed E-state index contributed by atoms with van der Waals surface area (Å²) in [5.74, 6) is 0.377. The molecule has 1 saturated carbocycles. The molecule has 1 aromatic carbocycles. The van der Waals surface area contributed by atoms with Crippen molar-refractivity contribution >= 4 is 15.9 Å². The van der Waals surface area contributed by atoms with Crippen LogP contribution in [0.5, 0.6) is 5.75 Å². The number of nitrogens with zero attached hydrogens (tertiary/aromatic N) is 1. The van der Waals surface area contributed by atoms with Crippen molar-refractivity contribution in [2.75, 3.05) is 20.1 Å². The molecule has 4 heteroatoms. The number of rotatable bonds is 7. The Bertz CT molecular complexity index is 446. The number of aromatic hydroxyl groups is 1. The maximum atomic E-state index is 10.0. The van der Waals surface area contributed by atoms with E-state index >= 15 is 0 Å². The van der Waals surface area contributed by atoms with Gasteiger partial charge in [-0.3, -0.25) is 0 Å². The Morgan fingerprint density at radius 2 is 2.10 bits per heavy atom. The largest absolute Gasteiger partial charge is 0.508 e. The van der Waals surface area contributed by atoms with Crippen LogP contribution in [-0.4, -0.2) is 36.2 Å². The molecule has 1 aliphatic rings. The number of hydrogen-bond donors (Lipinski definition) is 2. The summed E-state index contributed by atoms with van der Waals surface area (Å²) in [6, 6.07) is 6.62. The summed E-state index contributed by atoms with van der Waals surface area (Å²) in [6.07, 6.45) is 6.43. The molecule has 1 atom stereocenters. The molecule has 118 valence electrons. The molecular formula is C17H27BrN2O. The van der Waals surface area contributed by atoms with Crippen molar-refractivity contribution in [3.8, 4) is 5.75 Å². The van der Waals surface area contributed by atoms with Gasteiger partial charge in [-0.1, -0.05) is 35.7 Å². The highest BCUT2D eigenvalue weighted by Crippen LogP contribution is 2.29. The third kappa shape index (κ3) is 4.70. The monoisotopic (exact) mass is 354 g/mol. The first-order valence-corrected chi connectivity index (χ1v) is 8.83. The van der Waals surface area contributed by atoms with Crippen LogP contribution in [-0.2, 0) is 0 Å². The molecule has 0 amide bonds. The van der Waals surface area contributed by atoms with Gasteiger partial charge in [-0.25, -0.2) is 0 Å². The second kappa shape index (κ2) is 8.16. The standard InChI is InChI=1S/C17H27BrN2O/c1-3-16(15-12-13(18)8-9-17(15)21)19-10-11-20(2)14-6-4-5-7-14/h8-9,12,14,16,19,21H,3-7,10-11H2,1-2H3. The van der Waals surface area contributed by atoms with E-state index in [0.29, 0.717) is 5.75 Å². The summed E-state index contributed by atoms with van der Waals surface area (Å²) in [5.41, 5.74) is 0.982. The SMILES string of the molecule is CCC(NCCN(C)C1CCCC1)c1cc(Br)ccc1O. The van der Waals surface area contributed by atoms with Crippen LogP contribution < -0.4 is 5.32 Å². The van der Waals surface area contributed by atoms with Gasteiger partial charge in [-0.15, -0.1) is 0 Å². The summed E-state index contributed by atoms with van der Waals surface area (Å²) >= 11 is 3.48. The molecule has 0 spiro atoms. The zero-order valence-electron chi connectivity index (χ0n) is 13.1. The van der Waals surface area contributed by atoms with Gasteiger partial charge in [0.15, 0.2) is 0 Å². The molecule has 0 radical (unpaired) electrons. The highest BCUT2D eigenvalue weighted by atomic mass is 79.9. The quantitative estimate of drug-likeness (QED) is 0.774. The van der Waals surface area contributed by atoms with E-state index in [0.717, 1.165) is 35.6 Å². The Kier molecular flexibility index (Phi) is 6.52. The minimum absolute atomic E-state index is 0.208. The number of nitrogens with one attached hydrogen (secondary N) is 1. The summed E-state index contributed by atoms with van der Waals surface area (Å²) in [6.45, 7) is 4.17. The highest BCUT2D eigenvalue weighted by molar-refractivity contribution is 9.10. The first-order chi connectivity index (χ1) is 10.1. The van der Waals surface area contributed by atoms with E-state index in [1.165, 1.54) is 25.7 Å². The van der Waals surface area contributed by atoms with Crippen LogP contribution in [0.4, 0.5) is 0 Å². The van der Waals surface area contributed by atoms with Crippen molar-refractivity contribution in [1.82, 2.24) is 10.2 Å². The van der Waals surface area contributed by atoms with E-state index in [4.69, 9.17) is 0 Å². The number of benzene rings is 1. The van der Waals surface area contributed by atoms with Crippen molar-refractivity contribution in [3.05, 3.63) is 28.2 Å². The lowest BCUT2D eigenvalue weighted by Crippen LogP contribution is -2.36. The van der Waals surface area contributed by atoms with Crippen LogP contribution in [0.3, 0.4) is 0 Å². The van der Waals surface area contributed by atoms with Gasteiger partial charge in [0.05, 0.1) is 0 Å². The van der Waals surface area contributed by atoms with Gasteiger partial charge in [-0.05, 0) is 44.5 Å². The van der Waals surface area contributed by atoms with Gasteiger partial charge in [0, 0.05) is 35.2 Å². The Morgan fingerprint density at radius 3 is 2.76 bits per heavy atom. The fourth-order valence-corrected chi connectivity index (χ4v) is 3.60. The van der Waals surface area contributed by atoms with E-state index in [2.05, 4.69) is 40.1 Å². The number of halogens is 1. The van der Waals surface area contributed by atoms with Crippen molar-refractivity contribution in [2.45, 2.75) is 51.1 Å². The first kappa shape index (κ1) is 16.8. The molecule has 1 aromatic rings. The van der Waals surface area contributed by atoms with Crippen LogP contribution in [0, 0.1) is 0 Å². The summed E-state index contributed by atoms with van der Waals surface area (Å²) in [4.78, 5) is 2.48. The number of hydrogen-bond acceptors (Lipinski definition) is 3. The smallest absolute Gasteiger partial charge is 0.120 e. The van der Waals surface area contributed by atoms with Crippen LogP contribution in [0.1, 0.15) is 50.6 Å². The summed E-state index contributed by atoms with van der Waals surface area (Å²) in [7, 11) is 2.23. The van der Waals surface area contributed by atoms with E-state index in [1.54, 1.807) is 6.07 Å². The van der Waals surface area contributed by atoms with Crippen molar-refractivity contribution in [3.63, 3.8) is 0 Å². The fourth-order valence-electron chi connectivity index (χ4n) is 3.22. The van der Waals surface area contributed by atoms with Gasteiger partial charge >= 0.3 is 0 Å². The van der Waals surface area contributed by atoms with E-state index in [9.17, 15) is 5.11 Å². The van der Waals surface area contributed by atoms with E-state index in [-0.39, 0.29) is 6.04 Å². The van der Waals surface area contributed by atoms with Crippen LogP contribution >= 0.6 is 15.9 Å². The molecule has 0 bridgehead atoms. The van der Waals surface area contributed by atoms with Gasteiger partial charge in [0.25, 0.3) is 0 Å². The van der Waals surface area contributed by atoms with Crippen LogP contribution in [0.15, 0.2) is 22.7 Å². The molecule has 2 N–H and O–H groups in total. The Morgan fingerprint density at radius 1 is 1.38 bits per heavy atom. The van der Waals surface area contributed by atoms with Gasteiger partial charge in [0.1, 0.15) is 5.75 Å². The minimum Gasteiger partial charge on any atom is -0.508 e. The average Bonchev–Trinajstić information content (AvgIpc) is 3.00. The Balaban J connectivity index is 1.86. The second-order valence-corrected chi connectivity index (χ2v) is 6.95. The summed E-state index contributed by atoms with van der Waals surface area (Å²) < 4.78 is 1.01. The van der Waals surface area contributed by atoms with Gasteiger partial charge in [0.2, 0.25) is 0 Å². The Labute approximate surface area is 136 Å². The fraction of sp³-hybridized carbons (Fsp3) is 0.647. The number of likely N-dealkylation sites (N-methyl/N-ethyl adjacent to an activating group) is 1. The minimum atomic E-state index is 0.208. The normalized spacial score (nSPS) is 17.5.